The van der Waals surface area contributed by atoms with Crippen molar-refractivity contribution in [2.24, 2.45) is 17.8 Å². The third kappa shape index (κ3) is 0.412. The monoisotopic (exact) mass is 149 g/mol. The Morgan fingerprint density at radius 2 is 1.45 bits per heavy atom. The predicted octanol–water partition coefficient (Wildman–Crippen LogP) is -0.0794. The second-order valence-corrected chi connectivity index (χ2v) is 3.94. The number of ether oxygens (including phenoxy) is 2. The lowest BCUT2D eigenvalue weighted by atomic mass is 10.0. The molecule has 2 heterocycles. The van der Waals surface area contributed by atoms with E-state index >= 15 is 0 Å². The fourth-order valence-corrected chi connectivity index (χ4v) is 2.80. The summed E-state index contributed by atoms with van der Waals surface area (Å²) in [6.45, 7) is 0. The van der Waals surface area contributed by atoms with E-state index in [1.165, 1.54) is 0 Å². The summed E-state index contributed by atoms with van der Waals surface area (Å²) in [5, 5.41) is 8.75. The fourth-order valence-electron chi connectivity index (χ4n) is 2.80. The maximum atomic E-state index is 8.75. The molecule has 2 saturated heterocycles. The normalized spacial score (nSPS) is 73.5. The maximum Gasteiger partial charge on any atom is 0.113 e. The SMILES string of the molecule is N#CC1[C@@H]2[C@@H]3O[C@@H]3[C@@H]3O[C@H]3[C@@H]12. The first-order chi connectivity index (χ1) is 5.42. The van der Waals surface area contributed by atoms with E-state index in [1.54, 1.807) is 0 Å². The highest BCUT2D eigenvalue weighted by Crippen LogP contribution is 2.67. The van der Waals surface area contributed by atoms with Gasteiger partial charge >= 0.3 is 0 Å². The van der Waals surface area contributed by atoms with Crippen molar-refractivity contribution in [2.45, 2.75) is 24.4 Å². The first kappa shape index (κ1) is 5.13. The Balaban J connectivity index is 1.75. The molecule has 0 aromatic rings. The minimum Gasteiger partial charge on any atom is -0.366 e. The number of rotatable bonds is 0. The molecule has 0 aromatic carbocycles. The van der Waals surface area contributed by atoms with E-state index in [0.717, 1.165) is 0 Å². The van der Waals surface area contributed by atoms with Gasteiger partial charge in [0.2, 0.25) is 0 Å². The van der Waals surface area contributed by atoms with Gasteiger partial charge in [0.1, 0.15) is 12.2 Å². The molecule has 56 valence electrons. The molecule has 2 saturated carbocycles. The summed E-state index contributed by atoms with van der Waals surface area (Å²) < 4.78 is 10.9. The van der Waals surface area contributed by atoms with Gasteiger partial charge in [-0.3, -0.25) is 0 Å². The highest BCUT2D eigenvalue weighted by Gasteiger charge is 2.79. The number of hydrogen-bond acceptors (Lipinski definition) is 3. The standard InChI is InChI=1S/C8H7NO2/c9-1-2-3-4(2)6-8(11-6)7-5(3)10-7/h2-8H/t2?,3-,4-,5-,6-,7-,8+/m0/s1. The maximum absolute atomic E-state index is 8.75. The van der Waals surface area contributed by atoms with Crippen molar-refractivity contribution in [2.75, 3.05) is 0 Å². The van der Waals surface area contributed by atoms with Crippen LogP contribution in [-0.4, -0.2) is 24.4 Å². The van der Waals surface area contributed by atoms with Crippen molar-refractivity contribution in [3.05, 3.63) is 0 Å². The number of nitrogens with zero attached hydrogens (tertiary/aromatic N) is 1. The highest BCUT2D eigenvalue weighted by atomic mass is 16.7. The van der Waals surface area contributed by atoms with Gasteiger partial charge in [0.25, 0.3) is 0 Å². The molecule has 4 rings (SSSR count). The Hall–Kier alpha value is -0.590. The second-order valence-electron chi connectivity index (χ2n) is 3.94. The zero-order chi connectivity index (χ0) is 7.16. The molecule has 3 nitrogen and oxygen atoms in total. The van der Waals surface area contributed by atoms with Crippen LogP contribution in [0.1, 0.15) is 0 Å². The van der Waals surface area contributed by atoms with Crippen LogP contribution in [0.4, 0.5) is 0 Å². The lowest BCUT2D eigenvalue weighted by Crippen LogP contribution is -2.14. The van der Waals surface area contributed by atoms with E-state index in [9.17, 15) is 0 Å². The van der Waals surface area contributed by atoms with Crippen molar-refractivity contribution in [1.29, 1.82) is 5.26 Å². The quantitative estimate of drug-likeness (QED) is 0.452. The van der Waals surface area contributed by atoms with Gasteiger partial charge in [0.05, 0.1) is 24.2 Å². The zero-order valence-corrected chi connectivity index (χ0v) is 5.81. The predicted molar refractivity (Wildman–Crippen MR) is 33.4 cm³/mol. The molecule has 4 aliphatic rings. The van der Waals surface area contributed by atoms with Gasteiger partial charge in [-0.25, -0.2) is 0 Å². The summed E-state index contributed by atoms with van der Waals surface area (Å²) in [7, 11) is 0. The van der Waals surface area contributed by atoms with Gasteiger partial charge in [-0.2, -0.15) is 5.26 Å². The smallest absolute Gasteiger partial charge is 0.113 e. The van der Waals surface area contributed by atoms with Crippen LogP contribution in [0.15, 0.2) is 0 Å². The summed E-state index contributed by atoms with van der Waals surface area (Å²) in [4.78, 5) is 0. The van der Waals surface area contributed by atoms with Crippen molar-refractivity contribution >= 4 is 0 Å². The third-order valence-corrected chi connectivity index (χ3v) is 3.49. The van der Waals surface area contributed by atoms with Crippen LogP contribution in [0.25, 0.3) is 0 Å². The molecule has 4 fully saturated rings. The van der Waals surface area contributed by atoms with E-state index in [-0.39, 0.29) is 5.92 Å². The molecule has 11 heavy (non-hydrogen) atoms. The Labute approximate surface area is 63.9 Å². The molecule has 0 radical (unpaired) electrons. The average molecular weight is 149 g/mol. The fraction of sp³-hybridized carbons (Fsp3) is 0.875. The number of epoxide rings is 2. The molecule has 0 N–H and O–H groups in total. The summed E-state index contributed by atoms with van der Waals surface area (Å²) in [5.74, 6) is 1.32. The van der Waals surface area contributed by atoms with Crippen molar-refractivity contribution in [3.8, 4) is 6.07 Å². The first-order valence-electron chi connectivity index (χ1n) is 4.12. The van der Waals surface area contributed by atoms with E-state index < -0.39 is 0 Å². The lowest BCUT2D eigenvalue weighted by Gasteiger charge is -1.93. The molecule has 7 atom stereocenters. The largest absolute Gasteiger partial charge is 0.366 e. The molecule has 3 heteroatoms. The van der Waals surface area contributed by atoms with Crippen LogP contribution in [0.2, 0.25) is 0 Å². The summed E-state index contributed by atoms with van der Waals surface area (Å²) >= 11 is 0. The van der Waals surface area contributed by atoms with Crippen LogP contribution in [0.5, 0.6) is 0 Å². The lowest BCUT2D eigenvalue weighted by molar-refractivity contribution is 0.286. The minimum absolute atomic E-state index is 0.252. The van der Waals surface area contributed by atoms with Crippen LogP contribution >= 0.6 is 0 Å². The molecular formula is C8H7NO2. The van der Waals surface area contributed by atoms with E-state index in [1.807, 2.05) is 0 Å². The van der Waals surface area contributed by atoms with Crippen LogP contribution in [0.3, 0.4) is 0 Å². The highest BCUT2D eigenvalue weighted by molar-refractivity contribution is 5.28. The molecule has 0 amide bonds. The van der Waals surface area contributed by atoms with Gasteiger partial charge in [0.15, 0.2) is 0 Å². The second kappa shape index (κ2) is 1.21. The van der Waals surface area contributed by atoms with Gasteiger partial charge in [-0.05, 0) is 0 Å². The Morgan fingerprint density at radius 1 is 0.909 bits per heavy atom. The Bertz CT molecular complexity index is 262. The van der Waals surface area contributed by atoms with Crippen LogP contribution in [0, 0.1) is 29.1 Å². The molecule has 0 bridgehead atoms. The minimum atomic E-state index is 0.252. The Morgan fingerprint density at radius 3 is 1.91 bits per heavy atom. The molecule has 0 spiro atoms. The van der Waals surface area contributed by atoms with Gasteiger partial charge in [-0.1, -0.05) is 0 Å². The number of fused-ring (bicyclic) bond motifs is 6. The van der Waals surface area contributed by atoms with Crippen molar-refractivity contribution < 1.29 is 9.47 Å². The molecule has 2 aliphatic carbocycles. The summed E-state index contributed by atoms with van der Waals surface area (Å²) in [6.07, 6.45) is 1.54. The van der Waals surface area contributed by atoms with Crippen molar-refractivity contribution in [3.63, 3.8) is 0 Å². The number of hydrogen-bond donors (Lipinski definition) is 0. The van der Waals surface area contributed by atoms with Crippen LogP contribution in [-0.2, 0) is 9.47 Å². The topological polar surface area (TPSA) is 48.9 Å². The van der Waals surface area contributed by atoms with E-state index in [4.69, 9.17) is 14.7 Å². The van der Waals surface area contributed by atoms with Gasteiger partial charge < -0.3 is 9.47 Å². The van der Waals surface area contributed by atoms with Gasteiger partial charge in [0, 0.05) is 11.8 Å². The average Bonchev–Trinajstić information content (AvgIpc) is 2.86. The third-order valence-electron chi connectivity index (χ3n) is 3.49. The van der Waals surface area contributed by atoms with E-state index in [0.29, 0.717) is 36.3 Å². The number of nitriles is 1. The van der Waals surface area contributed by atoms with Crippen LogP contribution < -0.4 is 0 Å². The molecule has 2 aliphatic heterocycles. The first-order valence-corrected chi connectivity index (χ1v) is 4.12. The van der Waals surface area contributed by atoms with Gasteiger partial charge in [-0.15, -0.1) is 0 Å². The molecule has 1 unspecified atom stereocenters. The van der Waals surface area contributed by atoms with Crippen molar-refractivity contribution in [1.82, 2.24) is 0 Å². The summed E-state index contributed by atoms with van der Waals surface area (Å²) in [5.41, 5.74) is 0. The zero-order valence-electron chi connectivity index (χ0n) is 5.81. The van der Waals surface area contributed by atoms with E-state index in [2.05, 4.69) is 6.07 Å². The molecular weight excluding hydrogens is 142 g/mol. The Kier molecular flexibility index (Phi) is 0.566. The molecule has 0 aromatic heterocycles. The summed E-state index contributed by atoms with van der Waals surface area (Å²) in [6, 6.07) is 2.34.